The third-order valence-corrected chi connectivity index (χ3v) is 6.55. The summed E-state index contributed by atoms with van der Waals surface area (Å²) in [6, 6.07) is 31.3. The molecule has 6 rings (SSSR count). The number of furan rings is 2. The van der Waals surface area contributed by atoms with Gasteiger partial charge in [0.25, 0.3) is 0 Å². The summed E-state index contributed by atoms with van der Waals surface area (Å²) in [5.41, 5.74) is 6.31. The number of hydrogen-bond donors (Lipinski definition) is 3. The van der Waals surface area contributed by atoms with Gasteiger partial charge in [-0.05, 0) is 60.4 Å². The lowest BCUT2D eigenvalue weighted by atomic mass is 10.0. The van der Waals surface area contributed by atoms with Gasteiger partial charge in [0.05, 0.1) is 5.52 Å². The van der Waals surface area contributed by atoms with Crippen molar-refractivity contribution in [2.24, 2.45) is 0 Å². The Labute approximate surface area is 247 Å². The molecule has 3 N–H and O–H groups in total. The highest BCUT2D eigenvalue weighted by atomic mass is 79.9. The average Bonchev–Trinajstić information content (AvgIpc) is 3.62. The van der Waals surface area contributed by atoms with Crippen molar-refractivity contribution < 1.29 is 28.9 Å². The zero-order valence-electron chi connectivity index (χ0n) is 23.0. The Morgan fingerprint density at radius 2 is 1.15 bits per heavy atom. The highest BCUT2D eigenvalue weighted by Gasteiger charge is 2.11. The number of hydrogen-bond acceptors (Lipinski definition) is 6. The summed E-state index contributed by atoms with van der Waals surface area (Å²) in [5.74, 6) is 2.54. The molecule has 2 aromatic heterocycles. The van der Waals surface area contributed by atoms with Crippen LogP contribution < -0.4 is 4.74 Å². The Kier molecular flexibility index (Phi) is 10.6. The van der Waals surface area contributed by atoms with Crippen LogP contribution in [0.1, 0.15) is 25.0 Å². The number of phenols is 1. The molecule has 6 aromatic rings. The van der Waals surface area contributed by atoms with E-state index in [1.165, 1.54) is 11.1 Å². The molecule has 0 atom stereocenters. The van der Waals surface area contributed by atoms with Gasteiger partial charge in [-0.2, -0.15) is 0 Å². The lowest BCUT2D eigenvalue weighted by molar-refractivity contribution is 0.0986. The minimum atomic E-state index is -0.336. The average molecular weight is 618 g/mol. The molecular weight excluding hydrogens is 584 g/mol. The van der Waals surface area contributed by atoms with Crippen LogP contribution in [0, 0.1) is 0 Å². The van der Waals surface area contributed by atoms with E-state index in [4.69, 9.17) is 23.8 Å². The smallest absolute Gasteiger partial charge is 0.186 e. The van der Waals surface area contributed by atoms with Crippen LogP contribution in [0.2, 0.25) is 0 Å². The number of phenolic OH excluding ortho intramolecular Hbond substituents is 1. The van der Waals surface area contributed by atoms with Crippen LogP contribution >= 0.6 is 15.9 Å². The lowest BCUT2D eigenvalue weighted by Gasteiger charge is -2.03. The fourth-order valence-electron chi connectivity index (χ4n) is 4.60. The molecule has 0 radical (unpaired) electrons. The van der Waals surface area contributed by atoms with Crippen LogP contribution in [0.5, 0.6) is 11.5 Å². The first kappa shape index (κ1) is 29.9. The minimum Gasteiger partial charge on any atom is -0.508 e. The molecule has 0 aliphatic heterocycles. The van der Waals surface area contributed by atoms with Crippen molar-refractivity contribution >= 4 is 37.9 Å². The summed E-state index contributed by atoms with van der Waals surface area (Å²) in [6.07, 6.45) is 1.94. The highest BCUT2D eigenvalue weighted by Crippen LogP contribution is 2.33. The molecule has 0 fully saturated rings. The number of aliphatic hydroxyl groups is 2. The fourth-order valence-corrected chi connectivity index (χ4v) is 4.60. The third-order valence-electron chi connectivity index (χ3n) is 6.55. The first-order valence-electron chi connectivity index (χ1n) is 13.3. The Balaban J connectivity index is 0.000000173. The monoisotopic (exact) mass is 616 g/mol. The molecule has 4 aromatic carbocycles. The maximum atomic E-state index is 9.45. The van der Waals surface area contributed by atoms with E-state index < -0.39 is 0 Å². The van der Waals surface area contributed by atoms with Crippen molar-refractivity contribution in [2.45, 2.75) is 26.7 Å². The van der Waals surface area contributed by atoms with E-state index in [0.717, 1.165) is 57.4 Å². The molecule has 212 valence electrons. The van der Waals surface area contributed by atoms with Gasteiger partial charge in [-0.15, -0.1) is 0 Å². The summed E-state index contributed by atoms with van der Waals surface area (Å²) in [4.78, 5) is 0. The fraction of sp³-hybridized carbons (Fsp3) is 0.176. The summed E-state index contributed by atoms with van der Waals surface area (Å²) in [5, 5.41) is 27.8. The van der Waals surface area contributed by atoms with Gasteiger partial charge in [0.15, 0.2) is 6.79 Å². The van der Waals surface area contributed by atoms with Crippen molar-refractivity contribution in [1.29, 1.82) is 0 Å². The number of benzene rings is 4. The predicted octanol–water partition coefficient (Wildman–Crippen LogP) is 8.69. The van der Waals surface area contributed by atoms with Crippen molar-refractivity contribution in [3.05, 3.63) is 108 Å². The second kappa shape index (κ2) is 14.6. The predicted molar refractivity (Wildman–Crippen MR) is 167 cm³/mol. The second-order valence-electron chi connectivity index (χ2n) is 9.06. The van der Waals surface area contributed by atoms with Crippen molar-refractivity contribution in [1.82, 2.24) is 0 Å². The molecule has 0 unspecified atom stereocenters. The number of rotatable bonds is 6. The number of ether oxygens (including phenoxy) is 1. The first-order chi connectivity index (χ1) is 20.0. The van der Waals surface area contributed by atoms with Crippen LogP contribution in [-0.4, -0.2) is 27.6 Å². The van der Waals surface area contributed by atoms with Gasteiger partial charge in [-0.3, -0.25) is 0 Å². The summed E-state index contributed by atoms with van der Waals surface area (Å²) in [6.45, 7) is 3.93. The van der Waals surface area contributed by atoms with Gasteiger partial charge >= 0.3 is 0 Å². The minimum absolute atomic E-state index is 0.0625. The van der Waals surface area contributed by atoms with Crippen LogP contribution in [0.4, 0.5) is 0 Å². The zero-order chi connectivity index (χ0) is 29.2. The van der Waals surface area contributed by atoms with Crippen molar-refractivity contribution in [3.63, 3.8) is 0 Å². The van der Waals surface area contributed by atoms with E-state index in [1.807, 2.05) is 54.6 Å². The van der Waals surface area contributed by atoms with Crippen molar-refractivity contribution in [3.8, 4) is 34.1 Å². The quantitative estimate of drug-likeness (QED) is 0.128. The molecule has 0 amide bonds. The van der Waals surface area contributed by atoms with Gasteiger partial charge in [0.2, 0.25) is 0 Å². The third kappa shape index (κ3) is 7.38. The maximum Gasteiger partial charge on any atom is 0.186 e. The van der Waals surface area contributed by atoms with E-state index in [0.29, 0.717) is 5.75 Å². The zero-order valence-corrected chi connectivity index (χ0v) is 24.6. The van der Waals surface area contributed by atoms with Crippen LogP contribution in [0.3, 0.4) is 0 Å². The van der Waals surface area contributed by atoms with Crippen LogP contribution in [0.25, 0.3) is 44.6 Å². The Bertz CT molecular complexity index is 1700. The SMILES string of the molecule is CCc1ccccc1-c1cc2ccc(O)cc2o1.CCc1ccccc1-c1cc2ccc(OCO)cc2o1.OCBr. The van der Waals surface area contributed by atoms with E-state index in [-0.39, 0.29) is 18.1 Å². The van der Waals surface area contributed by atoms with E-state index >= 15 is 0 Å². The van der Waals surface area contributed by atoms with Gasteiger partial charge in [0, 0.05) is 34.0 Å². The van der Waals surface area contributed by atoms with Crippen LogP contribution in [-0.2, 0) is 12.8 Å². The molecule has 0 aliphatic rings. The van der Waals surface area contributed by atoms with Gasteiger partial charge in [0.1, 0.15) is 34.2 Å². The second-order valence-corrected chi connectivity index (χ2v) is 9.56. The molecule has 2 heterocycles. The topological polar surface area (TPSA) is 96.2 Å². The van der Waals surface area contributed by atoms with Gasteiger partial charge in [-0.1, -0.05) is 78.3 Å². The molecule has 0 saturated heterocycles. The normalized spacial score (nSPS) is 10.6. The largest absolute Gasteiger partial charge is 0.508 e. The molecule has 7 heteroatoms. The summed E-state index contributed by atoms with van der Waals surface area (Å²) >= 11 is 2.70. The van der Waals surface area contributed by atoms with E-state index in [1.54, 1.807) is 18.2 Å². The molecule has 41 heavy (non-hydrogen) atoms. The number of aryl methyl sites for hydroxylation is 2. The van der Waals surface area contributed by atoms with Gasteiger partial charge in [-0.25, -0.2) is 0 Å². The number of fused-ring (bicyclic) bond motifs is 2. The molecule has 0 saturated carbocycles. The molecule has 0 spiro atoms. The number of halogens is 1. The van der Waals surface area contributed by atoms with Crippen molar-refractivity contribution in [2.75, 3.05) is 12.3 Å². The van der Waals surface area contributed by atoms with E-state index in [9.17, 15) is 5.11 Å². The number of alkyl halides is 1. The summed E-state index contributed by atoms with van der Waals surface area (Å²) in [7, 11) is 0. The number of aromatic hydroxyl groups is 1. The Hall–Kier alpha value is -4.04. The van der Waals surface area contributed by atoms with E-state index in [2.05, 4.69) is 54.0 Å². The molecule has 6 nitrogen and oxygen atoms in total. The summed E-state index contributed by atoms with van der Waals surface area (Å²) < 4.78 is 16.8. The van der Waals surface area contributed by atoms with Gasteiger partial charge < -0.3 is 28.9 Å². The lowest BCUT2D eigenvalue weighted by Crippen LogP contribution is -1.93. The molecule has 0 bridgehead atoms. The maximum absolute atomic E-state index is 9.45. The first-order valence-corrected chi connectivity index (χ1v) is 14.5. The Morgan fingerprint density at radius 1 is 0.659 bits per heavy atom. The standard InChI is InChI=1S/C17H16O3.C16H14O2.CH3BrO/c1-2-12-5-3-4-6-15(12)17-9-13-7-8-14(19-11-18)10-16(13)20-17;1-2-11-5-3-4-6-14(11)16-9-12-7-8-13(17)10-15(12)18-16;2-1-3/h3-10,18H,2,11H2,1H3;3-10,17H,2H2,1H3;3H,1H2. The molecular formula is C34H33BrO6. The number of aliphatic hydroxyl groups excluding tert-OH is 2. The Morgan fingerprint density at radius 3 is 1.66 bits per heavy atom. The molecule has 0 aliphatic carbocycles. The van der Waals surface area contributed by atoms with Crippen LogP contribution in [0.15, 0.2) is 106 Å². The highest BCUT2D eigenvalue weighted by molar-refractivity contribution is 9.09.